The summed E-state index contributed by atoms with van der Waals surface area (Å²) in [5.74, 6) is -0.538. The number of hydrogen-bond acceptors (Lipinski definition) is 7. The van der Waals surface area contributed by atoms with E-state index in [1.807, 2.05) is 30.3 Å². The molecule has 0 atom stereocenters. The lowest BCUT2D eigenvalue weighted by molar-refractivity contribution is -0.304. The summed E-state index contributed by atoms with van der Waals surface area (Å²) in [6.07, 6.45) is 2.88. The van der Waals surface area contributed by atoms with E-state index < -0.39 is 5.97 Å². The smallest absolute Gasteiger partial charge is 0.204 e. The molecule has 0 bridgehead atoms. The minimum absolute atomic E-state index is 0.189. The summed E-state index contributed by atoms with van der Waals surface area (Å²) in [7, 11) is 0. The molecule has 7 heteroatoms. The Morgan fingerprint density at radius 1 is 1.30 bits per heavy atom. The standard InChI is InChI=1S/C16H13N3O3S/c20-14(21)9-13-15(11-5-2-1-3-6-11)18-16(23-13)19-17-10-12-7-4-8-22-12/h1-8,10H,9H2,(H,18,19)(H,20,21)/p-1/b17-10-. The van der Waals surface area contributed by atoms with Crippen molar-refractivity contribution in [2.24, 2.45) is 5.10 Å². The van der Waals surface area contributed by atoms with Crippen LogP contribution in [-0.4, -0.2) is 17.2 Å². The molecule has 1 aromatic carbocycles. The highest BCUT2D eigenvalue weighted by Gasteiger charge is 2.13. The summed E-state index contributed by atoms with van der Waals surface area (Å²) in [6, 6.07) is 12.9. The van der Waals surface area contributed by atoms with Crippen LogP contribution in [0, 0.1) is 0 Å². The van der Waals surface area contributed by atoms with Crippen LogP contribution in [0.4, 0.5) is 5.13 Å². The summed E-state index contributed by atoms with van der Waals surface area (Å²) in [6.45, 7) is 0. The monoisotopic (exact) mass is 326 g/mol. The van der Waals surface area contributed by atoms with Gasteiger partial charge in [0, 0.05) is 22.8 Å². The SMILES string of the molecule is O=C([O-])Cc1sc(N/N=C\c2ccco2)nc1-c1ccccc1. The molecule has 0 unspecified atom stereocenters. The number of hydrazone groups is 1. The highest BCUT2D eigenvalue weighted by Crippen LogP contribution is 2.31. The Hall–Kier alpha value is -2.93. The quantitative estimate of drug-likeness (QED) is 0.553. The molecule has 0 amide bonds. The molecule has 1 N–H and O–H groups in total. The van der Waals surface area contributed by atoms with E-state index in [0.717, 1.165) is 5.56 Å². The first-order valence-corrected chi connectivity index (χ1v) is 7.61. The van der Waals surface area contributed by atoms with Crippen LogP contribution in [0.15, 0.2) is 58.2 Å². The van der Waals surface area contributed by atoms with Crippen LogP contribution in [0.5, 0.6) is 0 Å². The van der Waals surface area contributed by atoms with Gasteiger partial charge in [0.15, 0.2) is 0 Å². The van der Waals surface area contributed by atoms with Crippen LogP contribution in [0.25, 0.3) is 11.3 Å². The van der Waals surface area contributed by atoms with Crippen molar-refractivity contribution in [2.75, 3.05) is 5.43 Å². The first-order valence-electron chi connectivity index (χ1n) is 6.80. The molecule has 0 saturated carbocycles. The molecule has 0 aliphatic rings. The van der Waals surface area contributed by atoms with E-state index in [1.54, 1.807) is 18.4 Å². The maximum Gasteiger partial charge on any atom is 0.204 e. The fourth-order valence-electron chi connectivity index (χ4n) is 1.99. The number of aromatic nitrogens is 1. The number of nitrogens with zero attached hydrogens (tertiary/aromatic N) is 2. The molecule has 0 radical (unpaired) electrons. The molecule has 0 fully saturated rings. The Labute approximate surface area is 136 Å². The zero-order valence-electron chi connectivity index (χ0n) is 11.9. The van der Waals surface area contributed by atoms with Crippen LogP contribution in [0.3, 0.4) is 0 Å². The van der Waals surface area contributed by atoms with Crippen molar-refractivity contribution in [3.05, 3.63) is 59.4 Å². The lowest BCUT2D eigenvalue weighted by Crippen LogP contribution is -2.24. The van der Waals surface area contributed by atoms with Crippen molar-refractivity contribution in [3.8, 4) is 11.3 Å². The van der Waals surface area contributed by atoms with Crippen molar-refractivity contribution < 1.29 is 14.3 Å². The van der Waals surface area contributed by atoms with Gasteiger partial charge in [-0.15, -0.1) is 0 Å². The van der Waals surface area contributed by atoms with E-state index in [9.17, 15) is 9.90 Å². The normalized spacial score (nSPS) is 11.0. The van der Waals surface area contributed by atoms with Crippen molar-refractivity contribution >= 4 is 28.7 Å². The minimum Gasteiger partial charge on any atom is -0.550 e. The van der Waals surface area contributed by atoms with Crippen LogP contribution < -0.4 is 10.5 Å². The van der Waals surface area contributed by atoms with Crippen molar-refractivity contribution in [2.45, 2.75) is 6.42 Å². The lowest BCUT2D eigenvalue weighted by atomic mass is 10.1. The van der Waals surface area contributed by atoms with E-state index >= 15 is 0 Å². The fraction of sp³-hybridized carbons (Fsp3) is 0.0625. The zero-order valence-corrected chi connectivity index (χ0v) is 12.7. The minimum atomic E-state index is -1.14. The second kappa shape index (κ2) is 6.89. The second-order valence-electron chi connectivity index (χ2n) is 4.59. The zero-order chi connectivity index (χ0) is 16.1. The molecular formula is C16H12N3O3S-. The van der Waals surface area contributed by atoms with Crippen LogP contribution in [-0.2, 0) is 11.2 Å². The van der Waals surface area contributed by atoms with Gasteiger partial charge in [0.25, 0.3) is 0 Å². The van der Waals surface area contributed by atoms with E-state index in [4.69, 9.17) is 4.42 Å². The number of nitrogens with one attached hydrogen (secondary N) is 1. The van der Waals surface area contributed by atoms with Gasteiger partial charge in [-0.1, -0.05) is 41.7 Å². The van der Waals surface area contributed by atoms with E-state index in [0.29, 0.717) is 21.5 Å². The van der Waals surface area contributed by atoms with Gasteiger partial charge in [-0.25, -0.2) is 4.98 Å². The number of carbonyl (C=O) groups excluding carboxylic acids is 1. The summed E-state index contributed by atoms with van der Waals surface area (Å²) in [5, 5.41) is 15.5. The van der Waals surface area contributed by atoms with E-state index in [2.05, 4.69) is 15.5 Å². The van der Waals surface area contributed by atoms with Crippen molar-refractivity contribution in [1.82, 2.24) is 4.98 Å². The number of aliphatic carboxylic acids is 1. The number of hydrogen-bond donors (Lipinski definition) is 1. The predicted octanol–water partition coefficient (Wildman–Crippen LogP) is 2.14. The topological polar surface area (TPSA) is 90.5 Å². The number of benzene rings is 1. The summed E-state index contributed by atoms with van der Waals surface area (Å²) < 4.78 is 5.13. The fourth-order valence-corrected chi connectivity index (χ4v) is 2.91. The highest BCUT2D eigenvalue weighted by molar-refractivity contribution is 7.16. The molecule has 0 aliphatic carbocycles. The Balaban J connectivity index is 1.84. The lowest BCUT2D eigenvalue weighted by Gasteiger charge is -2.02. The third-order valence-corrected chi connectivity index (χ3v) is 3.90. The van der Waals surface area contributed by atoms with Gasteiger partial charge in [-0.3, -0.25) is 5.43 Å². The second-order valence-corrected chi connectivity index (χ2v) is 5.67. The first kappa shape index (κ1) is 15.0. The van der Waals surface area contributed by atoms with Gasteiger partial charge in [0.05, 0.1) is 18.2 Å². The summed E-state index contributed by atoms with van der Waals surface area (Å²) >= 11 is 1.23. The molecule has 0 spiro atoms. The molecule has 116 valence electrons. The molecule has 0 aliphatic heterocycles. The number of carbonyl (C=O) groups is 1. The Bertz CT molecular complexity index is 810. The average molecular weight is 326 g/mol. The Morgan fingerprint density at radius 2 is 2.13 bits per heavy atom. The maximum absolute atomic E-state index is 10.9. The van der Waals surface area contributed by atoms with Crippen LogP contribution >= 0.6 is 11.3 Å². The third-order valence-electron chi connectivity index (χ3n) is 2.94. The average Bonchev–Trinajstić information content (AvgIpc) is 3.18. The van der Waals surface area contributed by atoms with Gasteiger partial charge in [0.1, 0.15) is 5.76 Å². The number of carboxylic acids is 1. The maximum atomic E-state index is 10.9. The predicted molar refractivity (Wildman–Crippen MR) is 86.2 cm³/mol. The third kappa shape index (κ3) is 3.83. The van der Waals surface area contributed by atoms with Gasteiger partial charge in [-0.2, -0.15) is 5.10 Å². The van der Waals surface area contributed by atoms with Gasteiger partial charge in [-0.05, 0) is 12.1 Å². The molecular weight excluding hydrogens is 314 g/mol. The molecule has 2 aromatic heterocycles. The van der Waals surface area contributed by atoms with E-state index in [-0.39, 0.29) is 6.42 Å². The number of furan rings is 1. The largest absolute Gasteiger partial charge is 0.550 e. The first-order chi connectivity index (χ1) is 11.2. The molecule has 23 heavy (non-hydrogen) atoms. The summed E-state index contributed by atoms with van der Waals surface area (Å²) in [5.41, 5.74) is 4.26. The van der Waals surface area contributed by atoms with Gasteiger partial charge in [0.2, 0.25) is 5.13 Å². The number of carboxylic acid groups (broad SMARTS) is 1. The van der Waals surface area contributed by atoms with Gasteiger partial charge < -0.3 is 14.3 Å². The molecule has 3 rings (SSSR count). The Morgan fingerprint density at radius 3 is 2.83 bits per heavy atom. The van der Waals surface area contributed by atoms with Crippen LogP contribution in [0.1, 0.15) is 10.6 Å². The van der Waals surface area contributed by atoms with Crippen LogP contribution in [0.2, 0.25) is 0 Å². The van der Waals surface area contributed by atoms with Crippen molar-refractivity contribution in [1.29, 1.82) is 0 Å². The number of anilines is 1. The molecule has 0 saturated heterocycles. The van der Waals surface area contributed by atoms with Gasteiger partial charge >= 0.3 is 0 Å². The number of thiazole rings is 1. The van der Waals surface area contributed by atoms with Crippen molar-refractivity contribution in [3.63, 3.8) is 0 Å². The molecule has 3 aromatic rings. The summed E-state index contributed by atoms with van der Waals surface area (Å²) in [4.78, 5) is 16.0. The molecule has 2 heterocycles. The highest BCUT2D eigenvalue weighted by atomic mass is 32.1. The molecule has 6 nitrogen and oxygen atoms in total. The Kier molecular flexibility index (Phi) is 4.49. The number of rotatable bonds is 6. The van der Waals surface area contributed by atoms with E-state index in [1.165, 1.54) is 17.6 Å².